The summed E-state index contributed by atoms with van der Waals surface area (Å²) >= 11 is 0. The maximum absolute atomic E-state index is 12.9. The number of methoxy groups -OCH3 is 1. The molecule has 0 radical (unpaired) electrons. The summed E-state index contributed by atoms with van der Waals surface area (Å²) in [6.45, 7) is 5.32. The second-order valence-corrected chi connectivity index (χ2v) is 5.49. The third-order valence-electron chi connectivity index (χ3n) is 3.16. The predicted molar refractivity (Wildman–Crippen MR) is 62.7 cm³/mol. The Morgan fingerprint density at radius 3 is 2.21 bits per heavy atom. The minimum Gasteiger partial charge on any atom is -0.501 e. The number of allylic oxidation sites excluding steroid dienone is 3. The quantitative estimate of drug-likeness (QED) is 0.572. The first-order chi connectivity index (χ1) is 8.48. The third kappa shape index (κ3) is 3.27. The lowest BCUT2D eigenvalue weighted by molar-refractivity contribution is -0.423. The van der Waals surface area contributed by atoms with E-state index < -0.39 is 40.1 Å². The number of hydrogen-bond donors (Lipinski definition) is 0. The zero-order chi connectivity index (χ0) is 15.0. The van der Waals surface area contributed by atoms with Crippen molar-refractivity contribution in [2.75, 3.05) is 7.11 Å². The molecule has 1 atom stereocenters. The van der Waals surface area contributed by atoms with Crippen molar-refractivity contribution >= 4 is 0 Å². The zero-order valence-corrected chi connectivity index (χ0v) is 11.2. The number of alkyl halides is 3. The van der Waals surface area contributed by atoms with Gasteiger partial charge in [-0.25, -0.2) is 0 Å². The van der Waals surface area contributed by atoms with Crippen molar-refractivity contribution in [2.45, 2.75) is 33.4 Å². The minimum absolute atomic E-state index is 0.215. The fraction of sp³-hybridized carbons (Fsp3) is 0.667. The van der Waals surface area contributed by atoms with Gasteiger partial charge in [0.15, 0.2) is 0 Å². The molecule has 0 aromatic heterocycles. The van der Waals surface area contributed by atoms with Gasteiger partial charge in [-0.15, -0.1) is 0 Å². The summed E-state index contributed by atoms with van der Waals surface area (Å²) in [4.78, 5) is 9.76. The Morgan fingerprint density at radius 2 is 1.89 bits per heavy atom. The van der Waals surface area contributed by atoms with Gasteiger partial charge in [-0.3, -0.25) is 10.1 Å². The lowest BCUT2D eigenvalue weighted by Gasteiger charge is -2.34. The number of hydrogen-bond acceptors (Lipinski definition) is 3. The minimum atomic E-state index is -4.71. The highest BCUT2D eigenvalue weighted by molar-refractivity contribution is 5.32. The zero-order valence-electron chi connectivity index (χ0n) is 11.2. The molecule has 19 heavy (non-hydrogen) atoms. The Balaban J connectivity index is 3.38. The molecule has 108 valence electrons. The van der Waals surface area contributed by atoms with Crippen LogP contribution in [0.5, 0.6) is 0 Å². The van der Waals surface area contributed by atoms with Crippen LogP contribution in [-0.4, -0.2) is 18.2 Å². The lowest BCUT2D eigenvalue weighted by Crippen LogP contribution is -2.31. The Morgan fingerprint density at radius 1 is 1.37 bits per heavy atom. The highest BCUT2D eigenvalue weighted by Gasteiger charge is 2.47. The van der Waals surface area contributed by atoms with E-state index in [1.165, 1.54) is 7.11 Å². The van der Waals surface area contributed by atoms with Gasteiger partial charge in [0.2, 0.25) is 0 Å². The normalized spacial score (nSPS) is 21.2. The van der Waals surface area contributed by atoms with Gasteiger partial charge in [0, 0.05) is 5.92 Å². The van der Waals surface area contributed by atoms with Crippen LogP contribution in [0.3, 0.4) is 0 Å². The van der Waals surface area contributed by atoms with Gasteiger partial charge in [0.1, 0.15) is 11.3 Å². The Bertz CT molecular complexity index is 444. The van der Waals surface area contributed by atoms with Gasteiger partial charge < -0.3 is 4.74 Å². The Hall–Kier alpha value is -1.53. The Kier molecular flexibility index (Phi) is 3.97. The maximum Gasteiger partial charge on any atom is 0.419 e. The topological polar surface area (TPSA) is 52.4 Å². The van der Waals surface area contributed by atoms with E-state index in [4.69, 9.17) is 4.74 Å². The SMILES string of the molecule is COC1=CC([N+](=O)[O-])=C(C(F)(F)F)CC1C(C)(C)C. The molecule has 0 saturated heterocycles. The second-order valence-electron chi connectivity index (χ2n) is 5.49. The molecule has 0 heterocycles. The third-order valence-corrected chi connectivity index (χ3v) is 3.16. The molecule has 0 aromatic rings. The van der Waals surface area contributed by atoms with Crippen LogP contribution in [0.25, 0.3) is 0 Å². The molecule has 1 aliphatic rings. The number of nitrogens with zero attached hydrogens (tertiary/aromatic N) is 1. The molecule has 1 rings (SSSR count). The molecule has 1 unspecified atom stereocenters. The summed E-state index contributed by atoms with van der Waals surface area (Å²) in [5.41, 5.74) is -2.51. The summed E-state index contributed by atoms with van der Waals surface area (Å²) in [6, 6.07) is 0. The molecular weight excluding hydrogens is 263 g/mol. The number of nitro groups is 1. The molecule has 0 amide bonds. The van der Waals surface area contributed by atoms with Gasteiger partial charge >= 0.3 is 6.18 Å². The summed E-state index contributed by atoms with van der Waals surface area (Å²) in [6.07, 6.45) is -4.26. The highest BCUT2D eigenvalue weighted by atomic mass is 19.4. The van der Waals surface area contributed by atoms with Crippen LogP contribution in [-0.2, 0) is 4.74 Å². The molecule has 0 bridgehead atoms. The van der Waals surface area contributed by atoms with Crippen molar-refractivity contribution in [1.82, 2.24) is 0 Å². The van der Waals surface area contributed by atoms with E-state index in [1.807, 2.05) is 0 Å². The molecule has 0 spiro atoms. The van der Waals surface area contributed by atoms with E-state index in [0.29, 0.717) is 0 Å². The maximum atomic E-state index is 12.9. The molecule has 0 saturated carbocycles. The standard InChI is InChI=1S/C12H16F3NO3/c1-11(2,3)8-5-7(12(13,14)15)9(16(17)18)6-10(8)19-4/h6,8H,5H2,1-4H3. The average Bonchev–Trinajstić information content (AvgIpc) is 2.24. The molecule has 4 nitrogen and oxygen atoms in total. The summed E-state index contributed by atoms with van der Waals surface area (Å²) in [7, 11) is 1.31. The van der Waals surface area contributed by atoms with Crippen LogP contribution in [0.2, 0.25) is 0 Å². The van der Waals surface area contributed by atoms with E-state index in [-0.39, 0.29) is 5.76 Å². The summed E-state index contributed by atoms with van der Waals surface area (Å²) < 4.78 is 43.8. The van der Waals surface area contributed by atoms with Gasteiger partial charge in [0.25, 0.3) is 5.70 Å². The van der Waals surface area contributed by atoms with E-state index >= 15 is 0 Å². The van der Waals surface area contributed by atoms with Crippen LogP contribution in [0, 0.1) is 21.4 Å². The van der Waals surface area contributed by atoms with Crippen LogP contribution in [0.1, 0.15) is 27.2 Å². The first kappa shape index (κ1) is 15.5. The van der Waals surface area contributed by atoms with Crippen LogP contribution < -0.4 is 0 Å². The largest absolute Gasteiger partial charge is 0.501 e. The van der Waals surface area contributed by atoms with E-state index in [2.05, 4.69) is 0 Å². The molecular formula is C12H16F3NO3. The molecule has 0 aromatic carbocycles. The Labute approximate surface area is 109 Å². The van der Waals surface area contributed by atoms with Gasteiger partial charge in [-0.2, -0.15) is 13.2 Å². The monoisotopic (exact) mass is 279 g/mol. The van der Waals surface area contributed by atoms with Crippen LogP contribution in [0.4, 0.5) is 13.2 Å². The van der Waals surface area contributed by atoms with Gasteiger partial charge in [-0.05, 0) is 11.8 Å². The van der Waals surface area contributed by atoms with Crippen molar-refractivity contribution in [1.29, 1.82) is 0 Å². The van der Waals surface area contributed by atoms with Crippen LogP contribution in [0.15, 0.2) is 23.1 Å². The van der Waals surface area contributed by atoms with Crippen LogP contribution >= 0.6 is 0 Å². The molecule has 0 aliphatic heterocycles. The highest BCUT2D eigenvalue weighted by Crippen LogP contribution is 2.45. The molecule has 7 heteroatoms. The second kappa shape index (κ2) is 4.86. The van der Waals surface area contributed by atoms with Gasteiger partial charge in [-0.1, -0.05) is 20.8 Å². The fourth-order valence-electron chi connectivity index (χ4n) is 2.09. The lowest BCUT2D eigenvalue weighted by atomic mass is 9.73. The fourth-order valence-corrected chi connectivity index (χ4v) is 2.09. The summed E-state index contributed by atoms with van der Waals surface area (Å²) in [5, 5.41) is 10.8. The smallest absolute Gasteiger partial charge is 0.419 e. The predicted octanol–water partition coefficient (Wildman–Crippen LogP) is 3.68. The number of rotatable bonds is 2. The first-order valence-corrected chi connectivity index (χ1v) is 5.68. The van der Waals surface area contributed by atoms with Crippen molar-refractivity contribution in [3.8, 4) is 0 Å². The van der Waals surface area contributed by atoms with E-state index in [0.717, 1.165) is 6.08 Å². The first-order valence-electron chi connectivity index (χ1n) is 5.68. The number of ether oxygens (including phenoxy) is 1. The van der Waals surface area contributed by atoms with Gasteiger partial charge in [0.05, 0.1) is 18.1 Å². The molecule has 0 N–H and O–H groups in total. The molecule has 1 aliphatic carbocycles. The van der Waals surface area contributed by atoms with Crippen molar-refractivity contribution < 1.29 is 22.8 Å². The van der Waals surface area contributed by atoms with E-state index in [9.17, 15) is 23.3 Å². The van der Waals surface area contributed by atoms with Crippen molar-refractivity contribution in [2.24, 2.45) is 11.3 Å². The molecule has 0 fully saturated rings. The van der Waals surface area contributed by atoms with Crippen molar-refractivity contribution in [3.05, 3.63) is 33.2 Å². The van der Waals surface area contributed by atoms with Crippen molar-refractivity contribution in [3.63, 3.8) is 0 Å². The number of halogens is 3. The average molecular weight is 279 g/mol. The summed E-state index contributed by atoms with van der Waals surface area (Å²) in [5.74, 6) is -0.329. The van der Waals surface area contributed by atoms with E-state index in [1.54, 1.807) is 20.8 Å².